The number of piperazine rings is 1. The van der Waals surface area contributed by atoms with Gasteiger partial charge in [0, 0.05) is 74.8 Å². The lowest BCUT2D eigenvalue weighted by Crippen LogP contribution is -2.60. The smallest absolute Gasteiger partial charge is 0.274 e. The van der Waals surface area contributed by atoms with Gasteiger partial charge in [0.05, 0.1) is 17.9 Å². The average Bonchev–Trinajstić information content (AvgIpc) is 3.29. The van der Waals surface area contributed by atoms with Crippen LogP contribution in [0.25, 0.3) is 0 Å². The number of carbonyl (C=O) groups excluding carboxylic acids is 2. The first-order valence-electron chi connectivity index (χ1n) is 12.0. The third kappa shape index (κ3) is 4.75. The number of alkyl halides is 2. The van der Waals surface area contributed by atoms with Crippen molar-refractivity contribution >= 4 is 17.5 Å². The van der Waals surface area contributed by atoms with Crippen LogP contribution in [0.4, 0.5) is 14.5 Å². The van der Waals surface area contributed by atoms with E-state index in [1.165, 1.54) is 19.2 Å². The summed E-state index contributed by atoms with van der Waals surface area (Å²) in [6.45, 7) is 10.8. The maximum atomic E-state index is 14.4. The van der Waals surface area contributed by atoms with Crippen LogP contribution < -0.4 is 10.2 Å². The zero-order valence-corrected chi connectivity index (χ0v) is 20.0. The Morgan fingerprint density at radius 2 is 2.12 bits per heavy atom. The van der Waals surface area contributed by atoms with E-state index in [0.29, 0.717) is 44.0 Å². The SMILES string of the molecule is CCC(F)(F)c1cnc2c(c1)N(C(=O)CN1C[C@@H](C)NC[C@@H]1CN1CCCC1=O)CC2(C)C. The van der Waals surface area contributed by atoms with Crippen LogP contribution in [0.5, 0.6) is 0 Å². The molecule has 0 bridgehead atoms. The van der Waals surface area contributed by atoms with Crippen LogP contribution in [0.1, 0.15) is 58.2 Å². The van der Waals surface area contributed by atoms with Crippen LogP contribution in [0.15, 0.2) is 12.3 Å². The van der Waals surface area contributed by atoms with Gasteiger partial charge in [-0.25, -0.2) is 8.78 Å². The minimum Gasteiger partial charge on any atom is -0.341 e. The Morgan fingerprint density at radius 3 is 2.79 bits per heavy atom. The van der Waals surface area contributed by atoms with Crippen molar-refractivity contribution in [3.05, 3.63) is 23.5 Å². The molecule has 2 atom stereocenters. The first-order valence-corrected chi connectivity index (χ1v) is 12.0. The van der Waals surface area contributed by atoms with Gasteiger partial charge in [0.15, 0.2) is 0 Å². The molecule has 7 nitrogen and oxygen atoms in total. The van der Waals surface area contributed by atoms with Gasteiger partial charge in [0.1, 0.15) is 0 Å². The number of hydrogen-bond acceptors (Lipinski definition) is 5. The topological polar surface area (TPSA) is 68.8 Å². The second-order valence-corrected chi connectivity index (χ2v) is 10.3. The fourth-order valence-corrected chi connectivity index (χ4v) is 5.18. The molecule has 0 saturated carbocycles. The molecule has 1 aromatic rings. The molecular formula is C24H35F2N5O2. The van der Waals surface area contributed by atoms with E-state index >= 15 is 0 Å². The number of hydrogen-bond donors (Lipinski definition) is 1. The summed E-state index contributed by atoms with van der Waals surface area (Å²) in [6, 6.07) is 1.71. The maximum Gasteiger partial charge on any atom is 0.274 e. The number of likely N-dealkylation sites (tertiary alicyclic amines) is 1. The largest absolute Gasteiger partial charge is 0.341 e. The van der Waals surface area contributed by atoms with E-state index in [4.69, 9.17) is 0 Å². The summed E-state index contributed by atoms with van der Waals surface area (Å²) in [5, 5.41) is 3.45. The Kier molecular flexibility index (Phi) is 6.48. The number of nitrogens with one attached hydrogen (secondary N) is 1. The molecule has 0 radical (unpaired) electrons. The van der Waals surface area contributed by atoms with Gasteiger partial charge in [0.25, 0.3) is 5.92 Å². The molecule has 4 heterocycles. The lowest BCUT2D eigenvalue weighted by atomic mass is 9.91. The van der Waals surface area contributed by atoms with Crippen LogP contribution in [0.3, 0.4) is 0 Å². The molecule has 3 aliphatic heterocycles. The summed E-state index contributed by atoms with van der Waals surface area (Å²) in [6.07, 6.45) is 2.40. The van der Waals surface area contributed by atoms with E-state index in [-0.39, 0.29) is 42.4 Å². The molecule has 9 heteroatoms. The molecule has 0 aliphatic carbocycles. The second-order valence-electron chi connectivity index (χ2n) is 10.3. The van der Waals surface area contributed by atoms with Crippen LogP contribution in [-0.4, -0.2) is 78.0 Å². The minimum atomic E-state index is -2.98. The number of anilines is 1. The lowest BCUT2D eigenvalue weighted by molar-refractivity contribution is -0.128. The fourth-order valence-electron chi connectivity index (χ4n) is 5.18. The first kappa shape index (κ1) is 24.0. The van der Waals surface area contributed by atoms with Crippen LogP contribution in [0.2, 0.25) is 0 Å². The van der Waals surface area contributed by atoms with Crippen molar-refractivity contribution in [1.29, 1.82) is 0 Å². The van der Waals surface area contributed by atoms with E-state index in [1.807, 2.05) is 18.7 Å². The Balaban J connectivity index is 1.55. The molecule has 0 spiro atoms. The van der Waals surface area contributed by atoms with Crippen LogP contribution in [-0.2, 0) is 20.9 Å². The molecule has 33 heavy (non-hydrogen) atoms. The zero-order valence-electron chi connectivity index (χ0n) is 20.0. The van der Waals surface area contributed by atoms with Gasteiger partial charge in [-0.05, 0) is 19.4 Å². The Hall–Kier alpha value is -2.13. The van der Waals surface area contributed by atoms with Crippen molar-refractivity contribution in [1.82, 2.24) is 20.1 Å². The van der Waals surface area contributed by atoms with Crippen molar-refractivity contribution in [2.45, 2.75) is 70.4 Å². The Labute approximate surface area is 194 Å². The maximum absolute atomic E-state index is 14.4. The van der Waals surface area contributed by atoms with Gasteiger partial charge < -0.3 is 15.1 Å². The number of pyridine rings is 1. The highest BCUT2D eigenvalue weighted by Gasteiger charge is 2.42. The Morgan fingerprint density at radius 1 is 1.36 bits per heavy atom. The molecule has 3 aliphatic rings. The Bertz CT molecular complexity index is 922. The quantitative estimate of drug-likeness (QED) is 0.702. The predicted molar refractivity (Wildman–Crippen MR) is 122 cm³/mol. The summed E-state index contributed by atoms with van der Waals surface area (Å²) >= 11 is 0. The third-order valence-electron chi connectivity index (χ3n) is 7.19. The van der Waals surface area contributed by atoms with E-state index in [0.717, 1.165) is 13.0 Å². The molecule has 1 aromatic heterocycles. The van der Waals surface area contributed by atoms with E-state index in [9.17, 15) is 18.4 Å². The van der Waals surface area contributed by atoms with E-state index < -0.39 is 11.3 Å². The summed E-state index contributed by atoms with van der Waals surface area (Å²) in [4.78, 5) is 35.7. The molecular weight excluding hydrogens is 428 g/mol. The zero-order chi connectivity index (χ0) is 24.0. The van der Waals surface area contributed by atoms with Gasteiger partial charge in [-0.1, -0.05) is 20.8 Å². The normalized spacial score (nSPS) is 25.6. The summed E-state index contributed by atoms with van der Waals surface area (Å²) in [5.74, 6) is -2.93. The van der Waals surface area contributed by atoms with Gasteiger partial charge in [-0.15, -0.1) is 0 Å². The number of carbonyl (C=O) groups is 2. The molecule has 2 saturated heterocycles. The summed E-state index contributed by atoms with van der Waals surface area (Å²) in [7, 11) is 0. The van der Waals surface area contributed by atoms with Gasteiger partial charge in [0.2, 0.25) is 11.8 Å². The first-order chi connectivity index (χ1) is 15.5. The van der Waals surface area contributed by atoms with Crippen molar-refractivity contribution in [3.8, 4) is 0 Å². The van der Waals surface area contributed by atoms with Gasteiger partial charge >= 0.3 is 0 Å². The predicted octanol–water partition coefficient (Wildman–Crippen LogP) is 2.49. The number of amides is 2. The molecule has 4 rings (SSSR count). The average molecular weight is 464 g/mol. The number of aromatic nitrogens is 1. The summed E-state index contributed by atoms with van der Waals surface area (Å²) in [5.41, 5.74) is 0.605. The number of rotatable bonds is 6. The highest BCUT2D eigenvalue weighted by atomic mass is 19.3. The van der Waals surface area contributed by atoms with Crippen molar-refractivity contribution in [2.24, 2.45) is 0 Å². The van der Waals surface area contributed by atoms with E-state index in [1.54, 1.807) is 4.90 Å². The van der Waals surface area contributed by atoms with Crippen molar-refractivity contribution < 1.29 is 18.4 Å². The van der Waals surface area contributed by atoms with Crippen molar-refractivity contribution in [2.75, 3.05) is 44.2 Å². The molecule has 2 fully saturated rings. The number of nitrogens with zero attached hydrogens (tertiary/aromatic N) is 4. The van der Waals surface area contributed by atoms with E-state index in [2.05, 4.69) is 22.1 Å². The van der Waals surface area contributed by atoms with Crippen molar-refractivity contribution in [3.63, 3.8) is 0 Å². The molecule has 0 unspecified atom stereocenters. The molecule has 182 valence electrons. The highest BCUT2D eigenvalue weighted by Crippen LogP contribution is 2.42. The third-order valence-corrected chi connectivity index (χ3v) is 7.19. The highest BCUT2D eigenvalue weighted by molar-refractivity contribution is 5.97. The standard InChI is InChI=1S/C24H35F2N5O2/c1-5-24(25,26)17-9-19-22(28-10-17)23(3,4)15-31(19)21(33)14-30-12-16(2)27-11-18(30)13-29-8-6-7-20(29)32/h9-10,16,18,27H,5-8,11-15H2,1-4H3/t16-,18-/m1/s1. The number of halogens is 2. The summed E-state index contributed by atoms with van der Waals surface area (Å²) < 4.78 is 28.8. The van der Waals surface area contributed by atoms with Gasteiger partial charge in [-0.3, -0.25) is 19.5 Å². The fraction of sp³-hybridized carbons (Fsp3) is 0.708. The molecule has 1 N–H and O–H groups in total. The van der Waals surface area contributed by atoms with Gasteiger partial charge in [-0.2, -0.15) is 0 Å². The lowest BCUT2D eigenvalue weighted by Gasteiger charge is -2.41. The van der Waals surface area contributed by atoms with Crippen LogP contribution in [0, 0.1) is 0 Å². The monoisotopic (exact) mass is 463 g/mol. The second kappa shape index (κ2) is 8.91. The molecule has 0 aromatic carbocycles. The minimum absolute atomic E-state index is 0.0381. The number of fused-ring (bicyclic) bond motifs is 1. The van der Waals surface area contributed by atoms with Crippen LogP contribution >= 0.6 is 0 Å². The molecule has 2 amide bonds.